The second kappa shape index (κ2) is 7.22. The summed E-state index contributed by atoms with van der Waals surface area (Å²) in [6.07, 6.45) is 0. The van der Waals surface area contributed by atoms with Gasteiger partial charge in [-0.05, 0) is 0 Å². The first-order valence-electron chi connectivity index (χ1n) is 7.97. The van der Waals surface area contributed by atoms with Crippen molar-refractivity contribution >= 4 is 0 Å². The van der Waals surface area contributed by atoms with E-state index in [1.807, 2.05) is 24.3 Å². The molecule has 0 saturated carbocycles. The molecule has 0 spiro atoms. The predicted octanol–water partition coefficient (Wildman–Crippen LogP) is 5.65. The van der Waals surface area contributed by atoms with E-state index in [0.717, 1.165) is 11.5 Å². The maximum atomic E-state index is 6.08. The third-order valence-corrected chi connectivity index (χ3v) is 5.18. The summed E-state index contributed by atoms with van der Waals surface area (Å²) in [5, 5.41) is 0. The van der Waals surface area contributed by atoms with Crippen molar-refractivity contribution in [3.05, 3.63) is 59.7 Å². The van der Waals surface area contributed by atoms with Gasteiger partial charge in [0.2, 0.25) is 0 Å². The number of benzene rings is 2. The van der Waals surface area contributed by atoms with Crippen molar-refractivity contribution in [3.63, 3.8) is 0 Å². The quantitative estimate of drug-likeness (QED) is 0.672. The Kier molecular flexibility index (Phi) is 5.73. The normalized spacial score (nSPS) is 11.9. The van der Waals surface area contributed by atoms with Crippen molar-refractivity contribution in [1.82, 2.24) is 0 Å². The van der Waals surface area contributed by atoms with Crippen LogP contribution in [0.15, 0.2) is 48.5 Å². The molecule has 2 aromatic rings. The molecule has 0 amide bonds. The van der Waals surface area contributed by atoms with Crippen LogP contribution in [-0.4, -0.2) is 0 Å². The van der Waals surface area contributed by atoms with E-state index in [2.05, 4.69) is 65.8 Å². The van der Waals surface area contributed by atoms with Crippen molar-refractivity contribution in [2.75, 3.05) is 0 Å². The molecule has 0 heterocycles. The molecule has 0 fully saturated rings. The SMILES string of the molecule is CC(C)(C)c1ccccc1[O][Zr][O]c1ccccc1C(C)(C)C. The Hall–Kier alpha value is -1.08. The van der Waals surface area contributed by atoms with Crippen LogP contribution >= 0.6 is 0 Å². The molecule has 3 heteroatoms. The van der Waals surface area contributed by atoms with E-state index in [4.69, 9.17) is 5.63 Å². The molecule has 0 aromatic heterocycles. The van der Waals surface area contributed by atoms with Gasteiger partial charge in [0.15, 0.2) is 0 Å². The van der Waals surface area contributed by atoms with E-state index < -0.39 is 24.1 Å². The summed E-state index contributed by atoms with van der Waals surface area (Å²) in [6.45, 7) is 13.2. The molecule has 0 saturated heterocycles. The third-order valence-electron chi connectivity index (χ3n) is 3.69. The zero-order valence-corrected chi connectivity index (χ0v) is 17.4. The molecule has 0 bridgehead atoms. The molecule has 0 N–H and O–H groups in total. The summed E-state index contributed by atoms with van der Waals surface area (Å²) in [5.74, 6) is 1.92. The molecule has 0 aliphatic heterocycles. The average molecular weight is 390 g/mol. The van der Waals surface area contributed by atoms with Crippen LogP contribution in [0.4, 0.5) is 0 Å². The average Bonchev–Trinajstić information content (AvgIpc) is 2.46. The van der Waals surface area contributed by atoms with Gasteiger partial charge < -0.3 is 0 Å². The van der Waals surface area contributed by atoms with Crippen LogP contribution in [0, 0.1) is 0 Å². The Bertz CT molecular complexity index is 594. The predicted molar refractivity (Wildman–Crippen MR) is 91.5 cm³/mol. The standard InChI is InChI=1S/2C10H14O.Zr/c2*1-10(2,3)8-6-4-5-7-9(8)11;/h2*4-7,11H,1-3H3;/q;;+2/p-2. The van der Waals surface area contributed by atoms with Gasteiger partial charge in [0.25, 0.3) is 0 Å². The minimum absolute atomic E-state index is 0.0688. The van der Waals surface area contributed by atoms with Gasteiger partial charge in [-0.15, -0.1) is 0 Å². The van der Waals surface area contributed by atoms with Crippen LogP contribution in [0.25, 0.3) is 0 Å². The van der Waals surface area contributed by atoms with Crippen molar-refractivity contribution in [2.24, 2.45) is 0 Å². The molecule has 122 valence electrons. The van der Waals surface area contributed by atoms with Crippen LogP contribution < -0.4 is 5.63 Å². The first-order chi connectivity index (χ1) is 10.7. The Labute approximate surface area is 153 Å². The zero-order chi connectivity index (χ0) is 17.1. The van der Waals surface area contributed by atoms with Crippen LogP contribution in [-0.2, 0) is 34.9 Å². The van der Waals surface area contributed by atoms with Gasteiger partial charge in [-0.25, -0.2) is 0 Å². The Morgan fingerprint density at radius 2 is 0.957 bits per heavy atom. The molecule has 0 aliphatic rings. The molecule has 2 rings (SSSR count). The van der Waals surface area contributed by atoms with E-state index in [1.165, 1.54) is 11.1 Å². The fraction of sp³-hybridized carbons (Fsp3) is 0.400. The van der Waals surface area contributed by atoms with Gasteiger partial charge in [-0.1, -0.05) is 0 Å². The minimum atomic E-state index is -1.45. The number of para-hydroxylation sites is 2. The van der Waals surface area contributed by atoms with Crippen LogP contribution in [0.2, 0.25) is 0 Å². The third kappa shape index (κ3) is 4.95. The molecule has 0 unspecified atom stereocenters. The summed E-state index contributed by atoms with van der Waals surface area (Å²) in [5.41, 5.74) is 2.60. The number of rotatable bonds is 4. The Balaban J connectivity index is 2.11. The van der Waals surface area contributed by atoms with Crippen LogP contribution in [0.1, 0.15) is 52.7 Å². The molecule has 2 nitrogen and oxygen atoms in total. The van der Waals surface area contributed by atoms with Gasteiger partial charge in [-0.3, -0.25) is 0 Å². The summed E-state index contributed by atoms with van der Waals surface area (Å²) in [6, 6.07) is 16.5. The van der Waals surface area contributed by atoms with Crippen molar-refractivity contribution in [2.45, 2.75) is 52.4 Å². The number of hydrogen-bond donors (Lipinski definition) is 0. The van der Waals surface area contributed by atoms with Crippen LogP contribution in [0.3, 0.4) is 0 Å². The summed E-state index contributed by atoms with van der Waals surface area (Å²) in [4.78, 5) is 0. The summed E-state index contributed by atoms with van der Waals surface area (Å²) >= 11 is -1.45. The number of hydrogen-bond acceptors (Lipinski definition) is 2. The monoisotopic (exact) mass is 388 g/mol. The molecule has 0 aliphatic carbocycles. The Morgan fingerprint density at radius 3 is 1.30 bits per heavy atom. The van der Waals surface area contributed by atoms with Gasteiger partial charge in [-0.2, -0.15) is 0 Å². The fourth-order valence-electron chi connectivity index (χ4n) is 2.46. The van der Waals surface area contributed by atoms with E-state index in [-0.39, 0.29) is 10.8 Å². The second-order valence-corrected chi connectivity index (χ2v) is 9.19. The molecule has 23 heavy (non-hydrogen) atoms. The first-order valence-corrected chi connectivity index (χ1v) is 9.98. The fourth-order valence-corrected chi connectivity index (χ4v) is 3.88. The van der Waals surface area contributed by atoms with Gasteiger partial charge >= 0.3 is 153 Å². The first kappa shape index (κ1) is 18.3. The topological polar surface area (TPSA) is 18.5 Å². The maximum absolute atomic E-state index is 6.08. The molecular formula is C20H26O2Zr. The van der Waals surface area contributed by atoms with Crippen molar-refractivity contribution < 1.29 is 29.7 Å². The van der Waals surface area contributed by atoms with E-state index in [0.29, 0.717) is 0 Å². The van der Waals surface area contributed by atoms with Crippen molar-refractivity contribution in [1.29, 1.82) is 0 Å². The van der Waals surface area contributed by atoms with E-state index in [1.54, 1.807) is 0 Å². The van der Waals surface area contributed by atoms with Crippen LogP contribution in [0.5, 0.6) is 11.5 Å². The molecule has 0 radical (unpaired) electrons. The molecule has 2 aromatic carbocycles. The molecule has 0 atom stereocenters. The second-order valence-electron chi connectivity index (χ2n) is 7.78. The van der Waals surface area contributed by atoms with Gasteiger partial charge in [0, 0.05) is 0 Å². The van der Waals surface area contributed by atoms with E-state index >= 15 is 0 Å². The summed E-state index contributed by atoms with van der Waals surface area (Å²) in [7, 11) is 0. The van der Waals surface area contributed by atoms with Gasteiger partial charge in [0.05, 0.1) is 0 Å². The molecular weight excluding hydrogens is 363 g/mol. The zero-order valence-electron chi connectivity index (χ0n) is 14.9. The van der Waals surface area contributed by atoms with E-state index in [9.17, 15) is 0 Å². The Morgan fingerprint density at radius 1 is 0.609 bits per heavy atom. The van der Waals surface area contributed by atoms with Crippen molar-refractivity contribution in [3.8, 4) is 11.5 Å². The van der Waals surface area contributed by atoms with Gasteiger partial charge in [0.1, 0.15) is 0 Å². The summed E-state index contributed by atoms with van der Waals surface area (Å²) < 4.78 is 12.2.